The monoisotopic (exact) mass is 252 g/mol. The molecule has 0 aliphatic heterocycles. The van der Waals surface area contributed by atoms with Crippen LogP contribution in [0.25, 0.3) is 0 Å². The maximum absolute atomic E-state index is 5.27. The Labute approximate surface area is 94.2 Å². The van der Waals surface area contributed by atoms with Crippen LogP contribution in [0.2, 0.25) is 0 Å². The summed E-state index contributed by atoms with van der Waals surface area (Å²) in [5, 5.41) is 0. The van der Waals surface area contributed by atoms with Gasteiger partial charge in [-0.05, 0) is 6.92 Å². The maximum atomic E-state index is 5.27. The van der Waals surface area contributed by atoms with E-state index in [1.807, 2.05) is 18.2 Å². The van der Waals surface area contributed by atoms with E-state index in [9.17, 15) is 0 Å². The summed E-state index contributed by atoms with van der Waals surface area (Å²) >= 11 is 15.8. The predicted octanol–water partition coefficient (Wildman–Crippen LogP) is 4.36. The second-order valence-electron chi connectivity index (χ2n) is 2.40. The summed E-state index contributed by atoms with van der Waals surface area (Å²) in [6, 6.07) is 7.81. The SMILES string of the molecule is C=C[Si](Cl)(Cl)Cl.Cc1ccccc1. The van der Waals surface area contributed by atoms with Gasteiger partial charge < -0.3 is 0 Å². The highest BCUT2D eigenvalue weighted by Gasteiger charge is 2.17. The van der Waals surface area contributed by atoms with E-state index in [1.54, 1.807) is 0 Å². The van der Waals surface area contributed by atoms with Crippen molar-refractivity contribution < 1.29 is 0 Å². The molecule has 0 saturated carbocycles. The van der Waals surface area contributed by atoms with Crippen LogP contribution in [-0.4, -0.2) is 6.00 Å². The van der Waals surface area contributed by atoms with Crippen LogP contribution in [0.15, 0.2) is 42.6 Å². The van der Waals surface area contributed by atoms with Gasteiger partial charge in [-0.15, -0.1) is 39.8 Å². The van der Waals surface area contributed by atoms with Gasteiger partial charge in [-0.1, -0.05) is 41.6 Å². The second kappa shape index (κ2) is 6.49. The van der Waals surface area contributed by atoms with Crippen molar-refractivity contribution in [2.45, 2.75) is 6.92 Å². The van der Waals surface area contributed by atoms with Gasteiger partial charge in [-0.25, -0.2) is 0 Å². The van der Waals surface area contributed by atoms with Gasteiger partial charge in [-0.2, -0.15) is 0 Å². The average Bonchev–Trinajstić information content (AvgIpc) is 2.06. The van der Waals surface area contributed by atoms with E-state index in [0.29, 0.717) is 0 Å². The molecule has 1 rings (SSSR count). The zero-order chi connectivity index (χ0) is 10.3. The number of benzene rings is 1. The summed E-state index contributed by atoms with van der Waals surface area (Å²) in [4.78, 5) is 0. The van der Waals surface area contributed by atoms with Crippen molar-refractivity contribution in [3.05, 3.63) is 48.2 Å². The first-order chi connectivity index (χ1) is 5.95. The van der Waals surface area contributed by atoms with E-state index < -0.39 is 6.00 Å². The molecule has 0 aliphatic rings. The summed E-state index contributed by atoms with van der Waals surface area (Å²) in [7, 11) is 0. The molecule has 0 N–H and O–H groups in total. The molecule has 0 bridgehead atoms. The van der Waals surface area contributed by atoms with Crippen molar-refractivity contribution in [3.8, 4) is 0 Å². The predicted molar refractivity (Wildman–Crippen MR) is 64.7 cm³/mol. The van der Waals surface area contributed by atoms with Crippen LogP contribution in [0.4, 0.5) is 0 Å². The maximum Gasteiger partial charge on any atom is 0.365 e. The van der Waals surface area contributed by atoms with Gasteiger partial charge in [0.1, 0.15) is 0 Å². The lowest BCUT2D eigenvalue weighted by molar-refractivity contribution is 1.48. The Bertz CT molecular complexity index is 241. The molecule has 1 aromatic rings. The third-order valence-corrected chi connectivity index (χ3v) is 3.02. The zero-order valence-electron chi connectivity index (χ0n) is 7.31. The number of halogens is 3. The zero-order valence-corrected chi connectivity index (χ0v) is 10.6. The first-order valence-electron chi connectivity index (χ1n) is 3.67. The topological polar surface area (TPSA) is 0 Å². The van der Waals surface area contributed by atoms with E-state index in [0.717, 1.165) is 0 Å². The molecular formula is C9H11Cl3Si. The third kappa shape index (κ3) is 9.96. The molecular weight excluding hydrogens is 243 g/mol. The van der Waals surface area contributed by atoms with Crippen LogP contribution in [0.1, 0.15) is 5.56 Å². The molecule has 4 heteroatoms. The Morgan fingerprint density at radius 3 is 1.69 bits per heavy atom. The molecule has 13 heavy (non-hydrogen) atoms. The highest BCUT2D eigenvalue weighted by molar-refractivity contribution is 7.66. The fourth-order valence-corrected chi connectivity index (χ4v) is 0.534. The number of aryl methyl sites for hydroxylation is 1. The minimum atomic E-state index is -2.45. The van der Waals surface area contributed by atoms with E-state index in [2.05, 4.69) is 25.6 Å². The molecule has 0 amide bonds. The Balaban J connectivity index is 0.000000226. The third-order valence-electron chi connectivity index (χ3n) is 1.17. The quantitative estimate of drug-likeness (QED) is 0.515. The lowest BCUT2D eigenvalue weighted by Crippen LogP contribution is -2.01. The van der Waals surface area contributed by atoms with Gasteiger partial charge in [-0.3, -0.25) is 0 Å². The molecule has 0 saturated heterocycles. The Kier molecular flexibility index (Phi) is 6.52. The smallest absolute Gasteiger partial charge is 0.121 e. The van der Waals surface area contributed by atoms with Crippen molar-refractivity contribution >= 4 is 39.2 Å². The Morgan fingerprint density at radius 1 is 1.15 bits per heavy atom. The largest absolute Gasteiger partial charge is 0.365 e. The lowest BCUT2D eigenvalue weighted by Gasteiger charge is -1.92. The van der Waals surface area contributed by atoms with Gasteiger partial charge in [0.2, 0.25) is 0 Å². The molecule has 0 aliphatic carbocycles. The Hall–Kier alpha value is 0.0469. The van der Waals surface area contributed by atoms with Crippen molar-refractivity contribution in [2.24, 2.45) is 0 Å². The van der Waals surface area contributed by atoms with Gasteiger partial charge in [0, 0.05) is 0 Å². The standard InChI is InChI=1S/C7H8.C2H3Cl3Si/c1-7-5-3-2-4-6-7;1-2-6(3,4)5/h2-6H,1H3;2H,1H2. The first kappa shape index (κ1) is 13.0. The van der Waals surface area contributed by atoms with E-state index >= 15 is 0 Å². The molecule has 0 heterocycles. The normalized spacial score (nSPS) is 9.85. The van der Waals surface area contributed by atoms with Crippen molar-refractivity contribution in [1.82, 2.24) is 0 Å². The van der Waals surface area contributed by atoms with Crippen LogP contribution < -0.4 is 0 Å². The molecule has 72 valence electrons. The molecule has 0 atom stereocenters. The molecule has 0 unspecified atom stereocenters. The fraction of sp³-hybridized carbons (Fsp3) is 0.111. The molecule has 1 aromatic carbocycles. The molecule has 0 nitrogen and oxygen atoms in total. The summed E-state index contributed by atoms with van der Waals surface area (Å²) in [6.45, 7) is 5.38. The van der Waals surface area contributed by atoms with Crippen LogP contribution in [0.3, 0.4) is 0 Å². The van der Waals surface area contributed by atoms with Crippen LogP contribution in [0.5, 0.6) is 0 Å². The van der Waals surface area contributed by atoms with Crippen molar-refractivity contribution in [2.75, 3.05) is 0 Å². The summed E-state index contributed by atoms with van der Waals surface area (Å²) < 4.78 is 0. The van der Waals surface area contributed by atoms with Crippen LogP contribution in [0, 0.1) is 6.92 Å². The van der Waals surface area contributed by atoms with Gasteiger partial charge in [0.15, 0.2) is 0 Å². The number of hydrogen-bond donors (Lipinski definition) is 0. The molecule has 0 aromatic heterocycles. The van der Waals surface area contributed by atoms with Gasteiger partial charge in [0.05, 0.1) is 0 Å². The van der Waals surface area contributed by atoms with Crippen molar-refractivity contribution in [1.29, 1.82) is 0 Å². The summed E-state index contributed by atoms with van der Waals surface area (Å²) in [5.74, 6) is 0. The highest BCUT2D eigenvalue weighted by Crippen LogP contribution is 2.19. The van der Waals surface area contributed by atoms with Crippen LogP contribution >= 0.6 is 33.2 Å². The lowest BCUT2D eigenvalue weighted by atomic mass is 10.2. The number of hydrogen-bond acceptors (Lipinski definition) is 0. The molecule has 0 radical (unpaired) electrons. The molecule has 0 fully saturated rings. The summed E-state index contributed by atoms with van der Waals surface area (Å²) in [6.07, 6.45) is 0. The van der Waals surface area contributed by atoms with E-state index in [1.165, 1.54) is 11.3 Å². The minimum absolute atomic E-state index is 1.32. The number of rotatable bonds is 1. The highest BCUT2D eigenvalue weighted by atomic mass is 35.8. The van der Waals surface area contributed by atoms with Gasteiger partial charge in [0.25, 0.3) is 0 Å². The van der Waals surface area contributed by atoms with E-state index in [-0.39, 0.29) is 0 Å². The fourth-order valence-electron chi connectivity index (χ4n) is 0.534. The van der Waals surface area contributed by atoms with E-state index in [4.69, 9.17) is 33.2 Å². The second-order valence-corrected chi connectivity index (χ2v) is 11.0. The minimum Gasteiger partial charge on any atom is -0.121 e. The van der Waals surface area contributed by atoms with Crippen LogP contribution in [-0.2, 0) is 0 Å². The van der Waals surface area contributed by atoms with Crippen molar-refractivity contribution in [3.63, 3.8) is 0 Å². The average molecular weight is 254 g/mol. The first-order valence-corrected chi connectivity index (χ1v) is 8.79. The Morgan fingerprint density at radius 2 is 1.54 bits per heavy atom. The molecule has 0 spiro atoms. The van der Waals surface area contributed by atoms with Gasteiger partial charge >= 0.3 is 6.00 Å². The summed E-state index contributed by atoms with van der Waals surface area (Å²) in [5.41, 5.74) is 2.69.